The summed E-state index contributed by atoms with van der Waals surface area (Å²) < 4.78 is 18.7. The van der Waals surface area contributed by atoms with Gasteiger partial charge in [-0.2, -0.15) is 0 Å². The first-order valence-corrected chi connectivity index (χ1v) is 8.47. The zero-order valence-electron chi connectivity index (χ0n) is 14.8. The Morgan fingerprint density at radius 2 is 1.93 bits per heavy atom. The van der Waals surface area contributed by atoms with Gasteiger partial charge in [0.05, 0.1) is 5.92 Å². The molecule has 140 valence electrons. The summed E-state index contributed by atoms with van der Waals surface area (Å²) >= 11 is 0. The van der Waals surface area contributed by atoms with Gasteiger partial charge in [-0.15, -0.1) is 0 Å². The molecule has 0 aromatic heterocycles. The normalized spacial score (nSPS) is 16.4. The SMILES string of the molecule is Cc1cc(N2CC(C(=O)C(N)=O)CC2=O)ccc1OCc1ccc(F)cc1. The van der Waals surface area contributed by atoms with Gasteiger partial charge in [0, 0.05) is 18.7 Å². The average Bonchev–Trinajstić information content (AvgIpc) is 3.03. The Hall–Kier alpha value is -3.22. The number of hydrogen-bond acceptors (Lipinski definition) is 4. The van der Waals surface area contributed by atoms with Crippen LogP contribution >= 0.6 is 0 Å². The van der Waals surface area contributed by atoms with Gasteiger partial charge in [-0.3, -0.25) is 14.4 Å². The molecule has 1 saturated heterocycles. The number of ether oxygens (including phenoxy) is 1. The quantitative estimate of drug-likeness (QED) is 0.789. The number of rotatable bonds is 6. The summed E-state index contributed by atoms with van der Waals surface area (Å²) in [5.41, 5.74) is 7.30. The molecule has 2 N–H and O–H groups in total. The van der Waals surface area contributed by atoms with Gasteiger partial charge in [-0.25, -0.2) is 4.39 Å². The lowest BCUT2D eigenvalue weighted by Crippen LogP contribution is -2.32. The molecule has 27 heavy (non-hydrogen) atoms. The van der Waals surface area contributed by atoms with Gasteiger partial charge in [0.15, 0.2) is 0 Å². The molecule has 1 atom stereocenters. The highest BCUT2D eigenvalue weighted by molar-refractivity contribution is 6.37. The maximum atomic E-state index is 12.9. The highest BCUT2D eigenvalue weighted by Crippen LogP contribution is 2.30. The largest absolute Gasteiger partial charge is 0.489 e. The minimum Gasteiger partial charge on any atom is -0.489 e. The second-order valence-corrected chi connectivity index (χ2v) is 6.50. The molecule has 0 aliphatic carbocycles. The molecule has 2 aromatic carbocycles. The Morgan fingerprint density at radius 1 is 1.22 bits per heavy atom. The Balaban J connectivity index is 1.69. The van der Waals surface area contributed by atoms with Gasteiger partial charge >= 0.3 is 0 Å². The van der Waals surface area contributed by atoms with E-state index in [1.54, 1.807) is 30.3 Å². The number of carbonyl (C=O) groups excluding carboxylic acids is 3. The smallest absolute Gasteiger partial charge is 0.285 e. The summed E-state index contributed by atoms with van der Waals surface area (Å²) in [7, 11) is 0. The average molecular weight is 370 g/mol. The van der Waals surface area contributed by atoms with E-state index in [1.165, 1.54) is 17.0 Å². The Kier molecular flexibility index (Phi) is 5.21. The molecule has 0 saturated carbocycles. The van der Waals surface area contributed by atoms with Crippen molar-refractivity contribution in [2.45, 2.75) is 20.0 Å². The van der Waals surface area contributed by atoms with E-state index in [0.29, 0.717) is 11.4 Å². The molecule has 2 amide bonds. The Morgan fingerprint density at radius 3 is 2.56 bits per heavy atom. The topological polar surface area (TPSA) is 89.7 Å². The molecule has 1 heterocycles. The number of aryl methyl sites for hydroxylation is 1. The van der Waals surface area contributed by atoms with Gasteiger partial charge < -0.3 is 15.4 Å². The first-order valence-electron chi connectivity index (χ1n) is 8.47. The fourth-order valence-corrected chi connectivity index (χ4v) is 3.04. The number of Topliss-reactive ketones (excluding diaryl/α,β-unsaturated/α-hetero) is 1. The van der Waals surface area contributed by atoms with Crippen molar-refractivity contribution in [3.05, 3.63) is 59.4 Å². The number of nitrogens with two attached hydrogens (primary N) is 1. The summed E-state index contributed by atoms with van der Waals surface area (Å²) in [5, 5.41) is 0. The van der Waals surface area contributed by atoms with Crippen molar-refractivity contribution in [2.75, 3.05) is 11.4 Å². The van der Waals surface area contributed by atoms with Gasteiger partial charge in [0.25, 0.3) is 5.91 Å². The minimum absolute atomic E-state index is 0.0242. The summed E-state index contributed by atoms with van der Waals surface area (Å²) in [4.78, 5) is 36.5. The van der Waals surface area contributed by atoms with E-state index in [2.05, 4.69) is 0 Å². The molecule has 6 nitrogen and oxygen atoms in total. The maximum Gasteiger partial charge on any atom is 0.285 e. The van der Waals surface area contributed by atoms with Crippen molar-refractivity contribution in [2.24, 2.45) is 11.7 Å². The third-order valence-corrected chi connectivity index (χ3v) is 4.52. The molecule has 7 heteroatoms. The van der Waals surface area contributed by atoms with Gasteiger partial charge in [0.1, 0.15) is 18.2 Å². The van der Waals surface area contributed by atoms with Gasteiger partial charge in [-0.05, 0) is 48.4 Å². The molecule has 1 aliphatic heterocycles. The lowest BCUT2D eigenvalue weighted by atomic mass is 10.0. The molecule has 0 bridgehead atoms. The predicted octanol–water partition coefficient (Wildman–Crippen LogP) is 2.12. The minimum atomic E-state index is -1.02. The number of hydrogen-bond donors (Lipinski definition) is 1. The van der Waals surface area contributed by atoms with Gasteiger partial charge in [0.2, 0.25) is 11.7 Å². The third-order valence-electron chi connectivity index (χ3n) is 4.52. The first kappa shape index (κ1) is 18.6. The number of carbonyl (C=O) groups is 3. The summed E-state index contributed by atoms with van der Waals surface area (Å²) in [6.07, 6.45) is -0.0242. The summed E-state index contributed by atoms with van der Waals surface area (Å²) in [5.74, 6) is -2.34. The van der Waals surface area contributed by atoms with Crippen molar-refractivity contribution >= 4 is 23.3 Å². The molecular formula is C20H19FN2O4. The second kappa shape index (κ2) is 7.57. The zero-order valence-corrected chi connectivity index (χ0v) is 14.8. The molecule has 1 fully saturated rings. The lowest BCUT2D eigenvalue weighted by molar-refractivity contribution is -0.138. The Bertz CT molecular complexity index is 895. The van der Waals surface area contributed by atoms with E-state index in [9.17, 15) is 18.8 Å². The molecular weight excluding hydrogens is 351 g/mol. The molecule has 1 unspecified atom stereocenters. The number of halogens is 1. The van der Waals surface area contributed by atoms with E-state index >= 15 is 0 Å². The molecule has 1 aliphatic rings. The molecule has 2 aromatic rings. The van der Waals surface area contributed by atoms with Crippen LogP contribution in [0.3, 0.4) is 0 Å². The second-order valence-electron chi connectivity index (χ2n) is 6.50. The van der Waals surface area contributed by atoms with Crippen molar-refractivity contribution in [3.63, 3.8) is 0 Å². The summed E-state index contributed by atoms with van der Waals surface area (Å²) in [6.45, 7) is 2.27. The number of anilines is 1. The maximum absolute atomic E-state index is 12.9. The van der Waals surface area contributed by atoms with Crippen LogP contribution in [-0.4, -0.2) is 24.1 Å². The highest BCUT2D eigenvalue weighted by atomic mass is 19.1. The zero-order chi connectivity index (χ0) is 19.6. The fourth-order valence-electron chi connectivity index (χ4n) is 3.04. The molecule has 3 rings (SSSR count). The standard InChI is InChI=1S/C20H19FN2O4/c1-12-8-16(23-10-14(9-18(23)24)19(25)20(22)26)6-7-17(12)27-11-13-2-4-15(21)5-3-13/h2-8,14H,9-11H2,1H3,(H2,22,26). The fraction of sp³-hybridized carbons (Fsp3) is 0.250. The van der Waals surface area contributed by atoms with Crippen molar-refractivity contribution in [3.8, 4) is 5.75 Å². The van der Waals surface area contributed by atoms with E-state index in [1.807, 2.05) is 6.92 Å². The lowest BCUT2D eigenvalue weighted by Gasteiger charge is -2.18. The Labute approximate surface area is 155 Å². The van der Waals surface area contributed by atoms with Crippen LogP contribution in [0.2, 0.25) is 0 Å². The highest BCUT2D eigenvalue weighted by Gasteiger charge is 2.37. The summed E-state index contributed by atoms with van der Waals surface area (Å²) in [6, 6.07) is 11.3. The van der Waals surface area contributed by atoms with Crippen molar-refractivity contribution in [1.82, 2.24) is 0 Å². The van der Waals surface area contributed by atoms with Crippen LogP contribution in [0, 0.1) is 18.7 Å². The molecule has 0 spiro atoms. The van der Waals surface area contributed by atoms with Crippen LogP contribution in [-0.2, 0) is 21.0 Å². The number of nitrogens with zero attached hydrogens (tertiary/aromatic N) is 1. The van der Waals surface area contributed by atoms with Crippen LogP contribution in [0.25, 0.3) is 0 Å². The molecule has 0 radical (unpaired) electrons. The predicted molar refractivity (Wildman–Crippen MR) is 96.6 cm³/mol. The monoisotopic (exact) mass is 370 g/mol. The first-order chi connectivity index (χ1) is 12.8. The number of primary amides is 1. The van der Waals surface area contributed by atoms with Crippen molar-refractivity contribution < 1.29 is 23.5 Å². The van der Waals surface area contributed by atoms with E-state index in [4.69, 9.17) is 10.5 Å². The van der Waals surface area contributed by atoms with Crippen LogP contribution in [0.15, 0.2) is 42.5 Å². The number of benzene rings is 2. The number of amides is 2. The van der Waals surface area contributed by atoms with Crippen LogP contribution in [0.4, 0.5) is 10.1 Å². The van der Waals surface area contributed by atoms with E-state index in [0.717, 1.165) is 11.1 Å². The van der Waals surface area contributed by atoms with Crippen molar-refractivity contribution in [1.29, 1.82) is 0 Å². The van der Waals surface area contributed by atoms with Crippen LogP contribution in [0.5, 0.6) is 5.75 Å². The van der Waals surface area contributed by atoms with Crippen LogP contribution < -0.4 is 15.4 Å². The van der Waals surface area contributed by atoms with E-state index < -0.39 is 17.6 Å². The van der Waals surface area contributed by atoms with Gasteiger partial charge in [-0.1, -0.05) is 12.1 Å². The van der Waals surface area contributed by atoms with E-state index in [-0.39, 0.29) is 31.3 Å². The number of ketones is 1. The third kappa shape index (κ3) is 4.13. The van der Waals surface area contributed by atoms with Crippen LogP contribution in [0.1, 0.15) is 17.5 Å².